The topological polar surface area (TPSA) is 59.8 Å². The first-order valence-corrected chi connectivity index (χ1v) is 8.32. The average Bonchev–Trinajstić information content (AvgIpc) is 3.25. The molecular formula is C14H14N4OS2. The third-order valence-corrected chi connectivity index (χ3v) is 4.79. The molecule has 3 aromatic rings. The van der Waals surface area contributed by atoms with E-state index in [1.807, 2.05) is 28.3 Å². The largest absolute Gasteiger partial charge is 0.351 e. The van der Waals surface area contributed by atoms with Gasteiger partial charge in [-0.25, -0.2) is 9.97 Å². The lowest BCUT2D eigenvalue weighted by atomic mass is 10.4. The van der Waals surface area contributed by atoms with Gasteiger partial charge in [0.05, 0.1) is 11.2 Å². The van der Waals surface area contributed by atoms with E-state index in [9.17, 15) is 4.79 Å². The molecule has 0 radical (unpaired) electrons. The number of nitrogens with one attached hydrogen (secondary N) is 1. The molecule has 0 saturated heterocycles. The standard InChI is InChI=1S/C14H14N4OS2/c19-13(16-4-2-6-18-7-5-15-10-18)11-9-21-14(17-11)12-3-1-8-20-12/h1,3,5,7-10H,2,4,6H2,(H,16,19). The number of amides is 1. The fourth-order valence-corrected chi connectivity index (χ4v) is 3.48. The van der Waals surface area contributed by atoms with Crippen molar-refractivity contribution in [3.05, 3.63) is 47.3 Å². The van der Waals surface area contributed by atoms with Crippen LogP contribution in [0.5, 0.6) is 0 Å². The van der Waals surface area contributed by atoms with Crippen LogP contribution in [0.25, 0.3) is 9.88 Å². The Balaban J connectivity index is 1.49. The second kappa shape index (κ2) is 6.64. The number of rotatable bonds is 6. The van der Waals surface area contributed by atoms with E-state index in [2.05, 4.69) is 15.3 Å². The minimum atomic E-state index is -0.111. The first-order valence-electron chi connectivity index (χ1n) is 6.56. The summed E-state index contributed by atoms with van der Waals surface area (Å²) in [5, 5.41) is 7.60. The summed E-state index contributed by atoms with van der Waals surface area (Å²) in [6.07, 6.45) is 6.30. The van der Waals surface area contributed by atoms with Crippen molar-refractivity contribution in [1.29, 1.82) is 0 Å². The molecule has 3 aromatic heterocycles. The maximum Gasteiger partial charge on any atom is 0.270 e. The fraction of sp³-hybridized carbons (Fsp3) is 0.214. The number of hydrogen-bond acceptors (Lipinski definition) is 5. The molecule has 108 valence electrons. The van der Waals surface area contributed by atoms with Crippen LogP contribution in [0, 0.1) is 0 Å². The molecule has 0 bridgehead atoms. The first kappa shape index (κ1) is 14.0. The third kappa shape index (κ3) is 3.56. The summed E-state index contributed by atoms with van der Waals surface area (Å²) in [4.78, 5) is 21.5. The van der Waals surface area contributed by atoms with E-state index in [1.165, 1.54) is 11.3 Å². The Hall–Kier alpha value is -1.99. The molecule has 0 fully saturated rings. The second-order valence-electron chi connectivity index (χ2n) is 4.43. The minimum absolute atomic E-state index is 0.111. The quantitative estimate of drug-likeness (QED) is 0.711. The molecule has 0 aliphatic carbocycles. The smallest absolute Gasteiger partial charge is 0.270 e. The van der Waals surface area contributed by atoms with Crippen molar-refractivity contribution in [2.75, 3.05) is 6.54 Å². The molecule has 1 N–H and O–H groups in total. The van der Waals surface area contributed by atoms with Gasteiger partial charge in [0, 0.05) is 30.9 Å². The van der Waals surface area contributed by atoms with E-state index >= 15 is 0 Å². The highest BCUT2D eigenvalue weighted by Crippen LogP contribution is 2.27. The highest BCUT2D eigenvalue weighted by molar-refractivity contribution is 7.20. The molecule has 0 aliphatic heterocycles. The van der Waals surface area contributed by atoms with Crippen LogP contribution in [-0.2, 0) is 6.54 Å². The maximum atomic E-state index is 12.0. The van der Waals surface area contributed by atoms with Crippen molar-refractivity contribution in [1.82, 2.24) is 19.9 Å². The molecule has 21 heavy (non-hydrogen) atoms. The number of thiazole rings is 1. The highest BCUT2D eigenvalue weighted by Gasteiger charge is 2.11. The first-order chi connectivity index (χ1) is 10.3. The lowest BCUT2D eigenvalue weighted by Crippen LogP contribution is -2.25. The Kier molecular flexibility index (Phi) is 4.42. The predicted octanol–water partition coefficient (Wildman–Crippen LogP) is 2.89. The van der Waals surface area contributed by atoms with Gasteiger partial charge in [0.25, 0.3) is 5.91 Å². The summed E-state index contributed by atoms with van der Waals surface area (Å²) >= 11 is 3.13. The number of carbonyl (C=O) groups is 1. The number of thiophene rings is 1. The van der Waals surface area contributed by atoms with Crippen molar-refractivity contribution < 1.29 is 4.79 Å². The molecule has 0 atom stereocenters. The molecule has 7 heteroatoms. The summed E-state index contributed by atoms with van der Waals surface area (Å²) in [6.45, 7) is 1.47. The molecule has 3 rings (SSSR count). The van der Waals surface area contributed by atoms with Gasteiger partial charge in [0.2, 0.25) is 0 Å². The molecule has 3 heterocycles. The number of carbonyl (C=O) groups excluding carboxylic acids is 1. The molecule has 0 spiro atoms. The van der Waals surface area contributed by atoms with Crippen LogP contribution < -0.4 is 5.32 Å². The van der Waals surface area contributed by atoms with E-state index < -0.39 is 0 Å². The lowest BCUT2D eigenvalue weighted by Gasteiger charge is -2.03. The predicted molar refractivity (Wildman–Crippen MR) is 84.6 cm³/mol. The Labute approximate surface area is 130 Å². The normalized spacial score (nSPS) is 10.7. The highest BCUT2D eigenvalue weighted by atomic mass is 32.1. The zero-order chi connectivity index (χ0) is 14.5. The van der Waals surface area contributed by atoms with E-state index in [1.54, 1.807) is 29.2 Å². The molecule has 1 amide bonds. The fourth-order valence-electron chi connectivity index (χ4n) is 1.86. The molecular weight excluding hydrogens is 304 g/mol. The zero-order valence-corrected chi connectivity index (χ0v) is 12.9. The molecule has 0 aliphatic rings. The lowest BCUT2D eigenvalue weighted by molar-refractivity contribution is 0.0948. The Morgan fingerprint density at radius 1 is 1.38 bits per heavy atom. The van der Waals surface area contributed by atoms with Crippen LogP contribution in [0.1, 0.15) is 16.9 Å². The van der Waals surface area contributed by atoms with E-state index in [0.717, 1.165) is 22.9 Å². The summed E-state index contributed by atoms with van der Waals surface area (Å²) in [5.74, 6) is -0.111. The number of hydrogen-bond donors (Lipinski definition) is 1. The number of aryl methyl sites for hydroxylation is 1. The van der Waals surface area contributed by atoms with Gasteiger partial charge in [-0.15, -0.1) is 22.7 Å². The second-order valence-corrected chi connectivity index (χ2v) is 6.23. The van der Waals surface area contributed by atoms with Gasteiger partial charge in [-0.1, -0.05) is 6.07 Å². The van der Waals surface area contributed by atoms with Gasteiger partial charge in [0.15, 0.2) is 0 Å². The SMILES string of the molecule is O=C(NCCCn1ccnc1)c1csc(-c2cccs2)n1. The van der Waals surface area contributed by atoms with Crippen molar-refractivity contribution in [2.45, 2.75) is 13.0 Å². The molecule has 5 nitrogen and oxygen atoms in total. The Bertz CT molecular complexity index is 688. The van der Waals surface area contributed by atoms with E-state index in [4.69, 9.17) is 0 Å². The summed E-state index contributed by atoms with van der Waals surface area (Å²) < 4.78 is 1.99. The van der Waals surface area contributed by atoms with Gasteiger partial charge in [-0.3, -0.25) is 4.79 Å². The Morgan fingerprint density at radius 3 is 3.10 bits per heavy atom. The van der Waals surface area contributed by atoms with Gasteiger partial charge < -0.3 is 9.88 Å². The van der Waals surface area contributed by atoms with Gasteiger partial charge in [0.1, 0.15) is 10.7 Å². The monoisotopic (exact) mass is 318 g/mol. The summed E-state index contributed by atoms with van der Waals surface area (Å²) in [6, 6.07) is 3.99. The molecule has 0 saturated carbocycles. The van der Waals surface area contributed by atoms with Crippen molar-refractivity contribution in [3.63, 3.8) is 0 Å². The van der Waals surface area contributed by atoms with Crippen molar-refractivity contribution >= 4 is 28.6 Å². The van der Waals surface area contributed by atoms with Crippen LogP contribution in [0.2, 0.25) is 0 Å². The van der Waals surface area contributed by atoms with Crippen LogP contribution in [0.15, 0.2) is 41.6 Å². The zero-order valence-electron chi connectivity index (χ0n) is 11.2. The van der Waals surface area contributed by atoms with Crippen LogP contribution >= 0.6 is 22.7 Å². The number of aromatic nitrogens is 3. The summed E-state index contributed by atoms with van der Waals surface area (Å²) in [7, 11) is 0. The molecule has 0 aromatic carbocycles. The third-order valence-electron chi connectivity index (χ3n) is 2.91. The Morgan fingerprint density at radius 2 is 2.33 bits per heavy atom. The maximum absolute atomic E-state index is 12.0. The number of nitrogens with zero attached hydrogens (tertiary/aromatic N) is 3. The van der Waals surface area contributed by atoms with Gasteiger partial charge >= 0.3 is 0 Å². The van der Waals surface area contributed by atoms with E-state index in [-0.39, 0.29) is 5.91 Å². The van der Waals surface area contributed by atoms with Gasteiger partial charge in [-0.05, 0) is 17.9 Å². The van der Waals surface area contributed by atoms with E-state index in [0.29, 0.717) is 12.2 Å². The van der Waals surface area contributed by atoms with Crippen LogP contribution in [0.4, 0.5) is 0 Å². The van der Waals surface area contributed by atoms with Crippen LogP contribution in [0.3, 0.4) is 0 Å². The minimum Gasteiger partial charge on any atom is -0.351 e. The van der Waals surface area contributed by atoms with Crippen molar-refractivity contribution in [2.24, 2.45) is 0 Å². The molecule has 0 unspecified atom stereocenters. The van der Waals surface area contributed by atoms with Crippen LogP contribution in [-0.4, -0.2) is 27.0 Å². The average molecular weight is 318 g/mol. The summed E-state index contributed by atoms with van der Waals surface area (Å²) in [5.41, 5.74) is 0.492. The number of imidazole rings is 1. The van der Waals surface area contributed by atoms with Crippen molar-refractivity contribution in [3.8, 4) is 9.88 Å². The van der Waals surface area contributed by atoms with Gasteiger partial charge in [-0.2, -0.15) is 0 Å².